The summed E-state index contributed by atoms with van der Waals surface area (Å²) < 4.78 is 14.7. The van der Waals surface area contributed by atoms with E-state index in [1.54, 1.807) is 0 Å². The number of hydrogen-bond acceptors (Lipinski definition) is 14. The molecule has 0 spiro atoms. The smallest absolute Gasteiger partial charge is 0.344 e. The van der Waals surface area contributed by atoms with E-state index in [-0.39, 0.29) is 35.9 Å². The number of carbonyl (C=O) groups excluding carboxylic acids is 4. The number of azo groups is 1. The Balaban J connectivity index is 2.26. The van der Waals surface area contributed by atoms with Gasteiger partial charge in [-0.3, -0.25) is 34.6 Å². The molecular formula is C23H23ClN6O11. The molecule has 0 fully saturated rings. The van der Waals surface area contributed by atoms with E-state index in [4.69, 9.17) is 21.1 Å². The Hall–Kier alpha value is -5.19. The van der Waals surface area contributed by atoms with Gasteiger partial charge in [-0.05, 0) is 13.0 Å². The van der Waals surface area contributed by atoms with Gasteiger partial charge in [0, 0.05) is 25.6 Å². The van der Waals surface area contributed by atoms with Gasteiger partial charge in [-0.25, -0.2) is 4.79 Å². The Morgan fingerprint density at radius 3 is 2.20 bits per heavy atom. The number of anilines is 2. The molecular weight excluding hydrogens is 572 g/mol. The zero-order valence-corrected chi connectivity index (χ0v) is 22.6. The number of ether oxygens (including phenoxy) is 3. The molecule has 1 amide bonds. The number of nitrogens with one attached hydrogen (secondary N) is 2. The number of nitro groups is 2. The molecule has 18 heteroatoms. The average molecular weight is 595 g/mol. The maximum atomic E-state index is 11.9. The van der Waals surface area contributed by atoms with Crippen LogP contribution in [0.5, 0.6) is 5.75 Å². The number of methoxy groups -OCH3 is 1. The highest BCUT2D eigenvalue weighted by Crippen LogP contribution is 2.42. The lowest BCUT2D eigenvalue weighted by Crippen LogP contribution is -2.20. The van der Waals surface area contributed by atoms with Crippen LogP contribution in [-0.2, 0) is 28.7 Å². The minimum absolute atomic E-state index is 0.00264. The molecule has 41 heavy (non-hydrogen) atoms. The number of nitro benzene ring substituents is 2. The number of rotatable bonds is 14. The Kier molecular flexibility index (Phi) is 11.6. The summed E-state index contributed by atoms with van der Waals surface area (Å²) in [4.78, 5) is 66.7. The van der Waals surface area contributed by atoms with Crippen molar-refractivity contribution in [1.82, 2.24) is 0 Å². The maximum absolute atomic E-state index is 11.9. The molecule has 0 aliphatic heterocycles. The first-order chi connectivity index (χ1) is 19.3. The lowest BCUT2D eigenvalue weighted by atomic mass is 10.2. The monoisotopic (exact) mass is 594 g/mol. The minimum Gasteiger partial charge on any atom is -0.495 e. The van der Waals surface area contributed by atoms with Crippen LogP contribution in [0, 0.1) is 20.2 Å². The fourth-order valence-electron chi connectivity index (χ4n) is 3.00. The molecule has 0 bridgehead atoms. The third-order valence-corrected chi connectivity index (χ3v) is 5.04. The van der Waals surface area contributed by atoms with Crippen LogP contribution in [0.3, 0.4) is 0 Å². The third-order valence-electron chi connectivity index (χ3n) is 4.75. The van der Waals surface area contributed by atoms with Crippen molar-refractivity contribution >= 4 is 69.4 Å². The van der Waals surface area contributed by atoms with E-state index in [2.05, 4.69) is 25.6 Å². The van der Waals surface area contributed by atoms with Crippen LogP contribution >= 0.6 is 11.6 Å². The van der Waals surface area contributed by atoms with Gasteiger partial charge in [0.25, 0.3) is 5.69 Å². The highest BCUT2D eigenvalue weighted by atomic mass is 35.5. The maximum Gasteiger partial charge on any atom is 0.344 e. The Morgan fingerprint density at radius 1 is 0.927 bits per heavy atom. The molecule has 0 saturated heterocycles. The van der Waals surface area contributed by atoms with E-state index < -0.39 is 63.0 Å². The summed E-state index contributed by atoms with van der Waals surface area (Å²) in [6, 6.07) is 4.28. The summed E-state index contributed by atoms with van der Waals surface area (Å²) in [7, 11) is 1.32. The number of ketones is 1. The van der Waals surface area contributed by atoms with Gasteiger partial charge >= 0.3 is 17.6 Å². The SMILES string of the molecule is COc1cc(N=Nc2c(Cl)cc([N+](=O)[O-])cc2[N+](=O)[O-])c(NC(C)=O)cc1NCCC(=O)OCC(=O)OCC(C)=O. The molecule has 2 rings (SSSR count). The fraction of sp³-hybridized carbons (Fsp3) is 0.304. The van der Waals surface area contributed by atoms with Crippen LogP contribution < -0.4 is 15.4 Å². The predicted molar refractivity (Wildman–Crippen MR) is 142 cm³/mol. The molecule has 2 aromatic carbocycles. The Labute approximate surface area is 236 Å². The molecule has 0 aliphatic carbocycles. The number of carbonyl (C=O) groups is 4. The Morgan fingerprint density at radius 2 is 1.61 bits per heavy atom. The van der Waals surface area contributed by atoms with E-state index in [9.17, 15) is 39.4 Å². The largest absolute Gasteiger partial charge is 0.495 e. The van der Waals surface area contributed by atoms with E-state index in [1.165, 1.54) is 33.1 Å². The number of Topliss-reactive ketones (excluding diaryl/α,β-unsaturated/α-hetero) is 1. The number of non-ortho nitro benzene ring substituents is 1. The highest BCUT2D eigenvalue weighted by Gasteiger charge is 2.24. The molecule has 0 unspecified atom stereocenters. The summed E-state index contributed by atoms with van der Waals surface area (Å²) >= 11 is 6.00. The number of amides is 1. The van der Waals surface area contributed by atoms with Crippen molar-refractivity contribution in [3.05, 3.63) is 49.5 Å². The minimum atomic E-state index is -0.907. The normalized spacial score (nSPS) is 10.5. The number of esters is 2. The first-order valence-electron chi connectivity index (χ1n) is 11.4. The molecule has 218 valence electrons. The van der Waals surface area contributed by atoms with E-state index in [1.807, 2.05) is 0 Å². The van der Waals surface area contributed by atoms with Crippen LogP contribution in [0.4, 0.5) is 34.1 Å². The topological polar surface area (TPSA) is 231 Å². The summed E-state index contributed by atoms with van der Waals surface area (Å²) in [6.07, 6.45) is -0.192. The number of nitrogens with zero attached hydrogens (tertiary/aromatic N) is 4. The molecule has 2 aromatic rings. The molecule has 0 saturated carbocycles. The quantitative estimate of drug-likeness (QED) is 0.137. The summed E-state index contributed by atoms with van der Waals surface area (Å²) in [6.45, 7) is 1.35. The molecule has 0 heterocycles. The van der Waals surface area contributed by atoms with Gasteiger partial charge in [0.05, 0.1) is 45.8 Å². The van der Waals surface area contributed by atoms with Crippen LogP contribution in [-0.4, -0.2) is 60.3 Å². The van der Waals surface area contributed by atoms with Crippen molar-refractivity contribution in [2.24, 2.45) is 10.2 Å². The van der Waals surface area contributed by atoms with E-state index in [0.717, 1.165) is 6.07 Å². The van der Waals surface area contributed by atoms with Gasteiger partial charge in [0.2, 0.25) is 5.91 Å². The zero-order chi connectivity index (χ0) is 30.7. The lowest BCUT2D eigenvalue weighted by molar-refractivity contribution is -0.393. The average Bonchev–Trinajstić information content (AvgIpc) is 2.89. The number of halogens is 1. The Bertz CT molecular complexity index is 1410. The van der Waals surface area contributed by atoms with Gasteiger partial charge in [-0.2, -0.15) is 0 Å². The zero-order valence-electron chi connectivity index (χ0n) is 21.8. The standard InChI is InChI=1S/C23H23ClN6O11/c1-12(31)10-40-22(34)11-41-21(33)4-5-25-18-8-16(26-13(2)32)17(9-20(18)39-3)27-28-23-15(24)6-14(29(35)36)7-19(23)30(37)38/h6-9,25H,4-5,10-11H2,1-3H3,(H,26,32). The van der Waals surface area contributed by atoms with Gasteiger partial charge in [0.15, 0.2) is 18.1 Å². The van der Waals surface area contributed by atoms with Gasteiger partial charge in [-0.15, -0.1) is 10.2 Å². The fourth-order valence-corrected chi connectivity index (χ4v) is 3.25. The third kappa shape index (κ3) is 9.81. The van der Waals surface area contributed by atoms with Crippen LogP contribution in [0.15, 0.2) is 34.5 Å². The van der Waals surface area contributed by atoms with Crippen molar-refractivity contribution in [3.8, 4) is 5.75 Å². The second kappa shape index (κ2) is 14.8. The van der Waals surface area contributed by atoms with Crippen molar-refractivity contribution in [3.63, 3.8) is 0 Å². The summed E-state index contributed by atoms with van der Waals surface area (Å²) in [5, 5.41) is 35.3. The predicted octanol–water partition coefficient (Wildman–Crippen LogP) is 4.02. The van der Waals surface area contributed by atoms with Crippen molar-refractivity contribution in [2.75, 3.05) is 37.5 Å². The molecule has 0 radical (unpaired) electrons. The molecule has 17 nitrogen and oxygen atoms in total. The molecule has 0 atom stereocenters. The van der Waals surface area contributed by atoms with Crippen molar-refractivity contribution in [2.45, 2.75) is 20.3 Å². The van der Waals surface area contributed by atoms with Crippen molar-refractivity contribution < 1.29 is 43.2 Å². The van der Waals surface area contributed by atoms with Crippen LogP contribution in [0.25, 0.3) is 0 Å². The first kappa shape index (κ1) is 32.0. The van der Waals surface area contributed by atoms with Gasteiger partial charge < -0.3 is 24.8 Å². The molecule has 0 aliphatic rings. The van der Waals surface area contributed by atoms with E-state index >= 15 is 0 Å². The molecule has 2 N–H and O–H groups in total. The second-order valence-electron chi connectivity index (χ2n) is 7.96. The second-order valence-corrected chi connectivity index (χ2v) is 8.37. The number of hydrogen-bond donors (Lipinski definition) is 2. The summed E-state index contributed by atoms with van der Waals surface area (Å²) in [5.41, 5.74) is -1.48. The molecule has 0 aromatic heterocycles. The highest BCUT2D eigenvalue weighted by molar-refractivity contribution is 6.33. The van der Waals surface area contributed by atoms with Gasteiger partial charge in [0.1, 0.15) is 18.0 Å². The van der Waals surface area contributed by atoms with E-state index in [0.29, 0.717) is 11.8 Å². The van der Waals surface area contributed by atoms with Crippen LogP contribution in [0.2, 0.25) is 5.02 Å². The van der Waals surface area contributed by atoms with Crippen molar-refractivity contribution in [1.29, 1.82) is 0 Å². The lowest BCUT2D eigenvalue weighted by Gasteiger charge is -2.15. The number of benzene rings is 2. The van der Waals surface area contributed by atoms with Gasteiger partial charge in [-0.1, -0.05) is 11.6 Å². The first-order valence-corrected chi connectivity index (χ1v) is 11.8. The van der Waals surface area contributed by atoms with Crippen LogP contribution in [0.1, 0.15) is 20.3 Å². The summed E-state index contributed by atoms with van der Waals surface area (Å²) in [5.74, 6) is -2.33.